The van der Waals surface area contributed by atoms with Crippen molar-refractivity contribution in [1.82, 2.24) is 0 Å². The molecule has 8 nitrogen and oxygen atoms in total. The van der Waals surface area contributed by atoms with E-state index in [1.54, 1.807) is 0 Å². The Bertz CT molecular complexity index is 341. The van der Waals surface area contributed by atoms with Gasteiger partial charge in [0.2, 0.25) is 0 Å². The summed E-state index contributed by atoms with van der Waals surface area (Å²) < 4.78 is 21.2. The van der Waals surface area contributed by atoms with Gasteiger partial charge in [-0.2, -0.15) is 0 Å². The Morgan fingerprint density at radius 2 is 1.64 bits per heavy atom. The largest absolute Gasteiger partial charge is 0.396 e. The number of aliphatic hydroxyl groups excluding tert-OH is 3. The first-order valence-corrected chi connectivity index (χ1v) is 7.70. The average molecular weight is 322 g/mol. The highest BCUT2D eigenvalue weighted by Gasteiger charge is 2.71. The number of hydrogen-bond acceptors (Lipinski definition) is 8. The van der Waals surface area contributed by atoms with Crippen LogP contribution in [0, 0.1) is 11.8 Å². The van der Waals surface area contributed by atoms with Gasteiger partial charge in [0.05, 0.1) is 57.1 Å². The maximum absolute atomic E-state index is 10.2. The van der Waals surface area contributed by atoms with E-state index < -0.39 is 42.7 Å². The Labute approximate surface area is 129 Å². The van der Waals surface area contributed by atoms with Gasteiger partial charge in [-0.05, 0) is 6.42 Å². The maximum atomic E-state index is 10.2. The Hall–Kier alpha value is -0.320. The number of hydrogen-bond donors (Lipinski definition) is 4. The quantitative estimate of drug-likeness (QED) is 0.357. The molecule has 2 fully saturated rings. The lowest BCUT2D eigenvalue weighted by atomic mass is 9.89. The van der Waals surface area contributed by atoms with Gasteiger partial charge in [0.15, 0.2) is 12.1 Å². The van der Waals surface area contributed by atoms with E-state index in [9.17, 15) is 20.4 Å². The highest BCUT2D eigenvalue weighted by atomic mass is 16.8. The van der Waals surface area contributed by atoms with E-state index in [4.69, 9.17) is 18.9 Å². The molecule has 0 radical (unpaired) electrons. The lowest BCUT2D eigenvalue weighted by molar-refractivity contribution is -0.439. The average Bonchev–Trinajstić information content (AvgIpc) is 2.62. The summed E-state index contributed by atoms with van der Waals surface area (Å²) in [6, 6.07) is 0. The van der Waals surface area contributed by atoms with Gasteiger partial charge in [-0.25, -0.2) is 0 Å². The third-order valence-electron chi connectivity index (χ3n) is 4.16. The first-order chi connectivity index (χ1) is 10.6. The Morgan fingerprint density at radius 1 is 1.00 bits per heavy atom. The normalized spacial score (nSPS) is 40.5. The lowest BCUT2D eigenvalue weighted by Crippen LogP contribution is -2.63. The molecule has 0 aromatic rings. The predicted octanol–water partition coefficient (Wildman–Crippen LogP) is -1.55. The molecule has 0 amide bonds. The van der Waals surface area contributed by atoms with Crippen LogP contribution in [0.2, 0.25) is 0 Å². The van der Waals surface area contributed by atoms with Gasteiger partial charge in [-0.3, -0.25) is 0 Å². The Balaban J connectivity index is 1.63. The van der Waals surface area contributed by atoms with Crippen molar-refractivity contribution in [3.8, 4) is 0 Å². The van der Waals surface area contributed by atoms with E-state index in [0.717, 1.165) is 6.42 Å². The summed E-state index contributed by atoms with van der Waals surface area (Å²) in [5.74, 6) is -3.43. The van der Waals surface area contributed by atoms with Gasteiger partial charge >= 0.3 is 0 Å². The van der Waals surface area contributed by atoms with Crippen LogP contribution in [-0.4, -0.2) is 84.4 Å². The summed E-state index contributed by atoms with van der Waals surface area (Å²) in [5, 5.41) is 39.1. The summed E-state index contributed by atoms with van der Waals surface area (Å²) in [5.41, 5.74) is 0. The zero-order chi connectivity index (χ0) is 16.2. The van der Waals surface area contributed by atoms with E-state index in [1.165, 1.54) is 0 Å². The minimum atomic E-state index is -1.73. The standard InChI is InChI=1S/C14H26O8/c1-2-3-19-4-5-20-6-7-21-13-10-12(17)11(16)9(8-15)14(10,18)22-13/h9-13,15-18H,2-8H2,1H3/t9?,10?,11-,12?,13+,14?/m1/s1. The molecule has 8 heteroatoms. The van der Waals surface area contributed by atoms with Crippen LogP contribution >= 0.6 is 0 Å². The molecule has 130 valence electrons. The van der Waals surface area contributed by atoms with Crippen LogP contribution in [0.15, 0.2) is 0 Å². The second kappa shape index (κ2) is 7.98. The van der Waals surface area contributed by atoms with Crippen LogP contribution < -0.4 is 0 Å². The van der Waals surface area contributed by atoms with E-state index in [0.29, 0.717) is 26.4 Å². The zero-order valence-electron chi connectivity index (χ0n) is 12.8. The molecule has 4 N–H and O–H groups in total. The van der Waals surface area contributed by atoms with E-state index in [-0.39, 0.29) is 6.61 Å². The van der Waals surface area contributed by atoms with Gasteiger partial charge in [-0.1, -0.05) is 6.92 Å². The summed E-state index contributed by atoms with van der Waals surface area (Å²) in [6.45, 7) is 3.83. The second-order valence-electron chi connectivity index (χ2n) is 5.63. The molecule has 1 saturated carbocycles. The van der Waals surface area contributed by atoms with Crippen LogP contribution in [0.5, 0.6) is 0 Å². The van der Waals surface area contributed by atoms with Crippen LogP contribution in [0.3, 0.4) is 0 Å². The topological polar surface area (TPSA) is 118 Å². The van der Waals surface area contributed by atoms with Crippen LogP contribution in [0.1, 0.15) is 13.3 Å². The summed E-state index contributed by atoms with van der Waals surface area (Å²) >= 11 is 0. The molecule has 2 rings (SSSR count). The minimum absolute atomic E-state index is 0.234. The van der Waals surface area contributed by atoms with Gasteiger partial charge in [-0.15, -0.1) is 0 Å². The van der Waals surface area contributed by atoms with Crippen LogP contribution in [-0.2, 0) is 18.9 Å². The molecule has 0 spiro atoms. The van der Waals surface area contributed by atoms with Gasteiger partial charge in [0.1, 0.15) is 0 Å². The molecule has 0 aromatic carbocycles. The Kier molecular flexibility index (Phi) is 6.54. The highest BCUT2D eigenvalue weighted by molar-refractivity contribution is 5.09. The molecular formula is C14H26O8. The molecule has 0 aromatic heterocycles. The van der Waals surface area contributed by atoms with Gasteiger partial charge in [0, 0.05) is 6.61 Å². The third kappa shape index (κ3) is 3.44. The maximum Gasteiger partial charge on any atom is 0.186 e. The second-order valence-corrected chi connectivity index (χ2v) is 5.63. The van der Waals surface area contributed by atoms with E-state index in [2.05, 4.69) is 0 Å². The van der Waals surface area contributed by atoms with Crippen LogP contribution in [0.25, 0.3) is 0 Å². The summed E-state index contributed by atoms with van der Waals surface area (Å²) in [7, 11) is 0. The van der Waals surface area contributed by atoms with Crippen molar-refractivity contribution in [2.24, 2.45) is 11.8 Å². The fourth-order valence-corrected chi connectivity index (χ4v) is 2.96. The van der Waals surface area contributed by atoms with Crippen LogP contribution in [0.4, 0.5) is 0 Å². The van der Waals surface area contributed by atoms with Crippen molar-refractivity contribution < 1.29 is 39.4 Å². The van der Waals surface area contributed by atoms with Crippen molar-refractivity contribution in [2.75, 3.05) is 39.6 Å². The predicted molar refractivity (Wildman–Crippen MR) is 73.8 cm³/mol. The molecule has 1 aliphatic heterocycles. The van der Waals surface area contributed by atoms with E-state index >= 15 is 0 Å². The molecular weight excluding hydrogens is 296 g/mol. The Morgan fingerprint density at radius 3 is 2.27 bits per heavy atom. The first kappa shape index (κ1) is 18.0. The smallest absolute Gasteiger partial charge is 0.186 e. The number of aliphatic hydroxyl groups is 4. The van der Waals surface area contributed by atoms with Crippen molar-refractivity contribution in [2.45, 2.75) is 37.6 Å². The van der Waals surface area contributed by atoms with E-state index in [1.807, 2.05) is 6.92 Å². The SMILES string of the molecule is CCCOCCOCCO[C@H]1OC2(O)C1C(O)[C@H](O)C2CO. The molecule has 22 heavy (non-hydrogen) atoms. The first-order valence-electron chi connectivity index (χ1n) is 7.70. The third-order valence-corrected chi connectivity index (χ3v) is 4.16. The van der Waals surface area contributed by atoms with Crippen molar-refractivity contribution in [3.05, 3.63) is 0 Å². The number of ether oxygens (including phenoxy) is 4. The summed E-state index contributed by atoms with van der Waals surface area (Å²) in [4.78, 5) is 0. The zero-order valence-corrected chi connectivity index (χ0v) is 12.8. The van der Waals surface area contributed by atoms with Crippen molar-refractivity contribution in [3.63, 3.8) is 0 Å². The van der Waals surface area contributed by atoms with Gasteiger partial charge in [0.25, 0.3) is 0 Å². The molecule has 2 aliphatic rings. The molecule has 1 heterocycles. The molecule has 1 saturated heterocycles. The monoisotopic (exact) mass is 322 g/mol. The minimum Gasteiger partial charge on any atom is -0.396 e. The fourth-order valence-electron chi connectivity index (χ4n) is 2.96. The fraction of sp³-hybridized carbons (Fsp3) is 1.00. The molecule has 0 bridgehead atoms. The molecule has 1 aliphatic carbocycles. The molecule has 4 unspecified atom stereocenters. The number of rotatable bonds is 10. The van der Waals surface area contributed by atoms with Gasteiger partial charge < -0.3 is 39.4 Å². The highest BCUT2D eigenvalue weighted by Crippen LogP contribution is 2.52. The molecule has 6 atom stereocenters. The number of fused-ring (bicyclic) bond motifs is 1. The summed E-state index contributed by atoms with van der Waals surface area (Å²) in [6.07, 6.45) is -2.27. The van der Waals surface area contributed by atoms with Crippen molar-refractivity contribution >= 4 is 0 Å². The van der Waals surface area contributed by atoms with Crippen molar-refractivity contribution in [1.29, 1.82) is 0 Å². The lowest BCUT2D eigenvalue weighted by Gasteiger charge is -2.49.